The maximum absolute atomic E-state index is 13.5. The van der Waals surface area contributed by atoms with E-state index in [9.17, 15) is 4.39 Å². The molecule has 0 atom stereocenters. The third kappa shape index (κ3) is 2.26. The van der Waals surface area contributed by atoms with E-state index < -0.39 is 5.82 Å². The van der Waals surface area contributed by atoms with Crippen LogP contribution < -0.4 is 0 Å². The molecule has 2 rings (SSSR count). The molecule has 1 aromatic carbocycles. The molecule has 82 valence electrons. The van der Waals surface area contributed by atoms with Gasteiger partial charge in [0, 0.05) is 6.07 Å². The smallest absolute Gasteiger partial charge is 0.166 e. The molecule has 0 aliphatic rings. The van der Waals surface area contributed by atoms with Gasteiger partial charge in [-0.15, -0.1) is 0 Å². The number of nitrogens with zero attached hydrogens (tertiary/aromatic N) is 2. The Morgan fingerprint density at radius 3 is 2.19 bits per heavy atom. The van der Waals surface area contributed by atoms with Gasteiger partial charge in [-0.2, -0.15) is 0 Å². The molecule has 0 amide bonds. The topological polar surface area (TPSA) is 25.8 Å². The Kier molecular flexibility index (Phi) is 3.28. The van der Waals surface area contributed by atoms with Crippen molar-refractivity contribution in [3.63, 3.8) is 0 Å². The van der Waals surface area contributed by atoms with Crippen molar-refractivity contribution in [3.05, 3.63) is 45.4 Å². The normalized spacial score (nSPS) is 10.5. The Balaban J connectivity index is 2.67. The fraction of sp³-hybridized carbons (Fsp3) is 0. The molecule has 0 spiro atoms. The molecule has 0 unspecified atom stereocenters. The first-order chi connectivity index (χ1) is 7.58. The van der Waals surface area contributed by atoms with Crippen LogP contribution in [0.25, 0.3) is 11.4 Å². The van der Waals surface area contributed by atoms with E-state index in [1.165, 1.54) is 24.3 Å². The number of benzene rings is 1. The number of aromatic nitrogens is 2. The van der Waals surface area contributed by atoms with E-state index in [0.717, 1.165) is 0 Å². The lowest BCUT2D eigenvalue weighted by Gasteiger charge is -2.04. The fourth-order valence-electron chi connectivity index (χ4n) is 1.21. The summed E-state index contributed by atoms with van der Waals surface area (Å²) in [4.78, 5) is 7.74. The molecule has 0 saturated heterocycles. The molecule has 1 aromatic heterocycles. The molecular formula is C10H4Cl3FN2. The second-order valence-corrected chi connectivity index (χ2v) is 4.12. The molecule has 0 aliphatic heterocycles. The van der Waals surface area contributed by atoms with Crippen molar-refractivity contribution in [2.24, 2.45) is 0 Å². The van der Waals surface area contributed by atoms with Gasteiger partial charge >= 0.3 is 0 Å². The van der Waals surface area contributed by atoms with E-state index in [2.05, 4.69) is 9.97 Å². The van der Waals surface area contributed by atoms with Crippen LogP contribution in [0.2, 0.25) is 15.3 Å². The van der Waals surface area contributed by atoms with E-state index in [-0.39, 0.29) is 26.7 Å². The highest BCUT2D eigenvalue weighted by Crippen LogP contribution is 2.29. The van der Waals surface area contributed by atoms with Crippen LogP contribution in [-0.2, 0) is 0 Å². The van der Waals surface area contributed by atoms with Gasteiger partial charge in [-0.1, -0.05) is 40.9 Å². The molecule has 6 heteroatoms. The van der Waals surface area contributed by atoms with Crippen LogP contribution in [0.1, 0.15) is 0 Å². The molecule has 2 nitrogen and oxygen atoms in total. The molecule has 16 heavy (non-hydrogen) atoms. The maximum Gasteiger partial charge on any atom is 0.166 e. The minimum absolute atomic E-state index is 0.0700. The zero-order chi connectivity index (χ0) is 11.7. The second-order valence-electron chi connectivity index (χ2n) is 2.93. The van der Waals surface area contributed by atoms with Crippen molar-refractivity contribution in [2.75, 3.05) is 0 Å². The van der Waals surface area contributed by atoms with E-state index in [4.69, 9.17) is 34.8 Å². The van der Waals surface area contributed by atoms with Gasteiger partial charge in [0.1, 0.15) is 16.1 Å². The fourth-order valence-corrected chi connectivity index (χ4v) is 1.88. The van der Waals surface area contributed by atoms with Gasteiger partial charge in [0.25, 0.3) is 0 Å². The van der Waals surface area contributed by atoms with Crippen molar-refractivity contribution >= 4 is 34.8 Å². The summed E-state index contributed by atoms with van der Waals surface area (Å²) < 4.78 is 13.5. The summed E-state index contributed by atoms with van der Waals surface area (Å²) >= 11 is 17.3. The highest BCUT2D eigenvalue weighted by Gasteiger charge is 2.13. The summed E-state index contributed by atoms with van der Waals surface area (Å²) in [5.74, 6) is -0.452. The van der Waals surface area contributed by atoms with E-state index in [1.807, 2.05) is 0 Å². The third-order valence-electron chi connectivity index (χ3n) is 1.85. The zero-order valence-electron chi connectivity index (χ0n) is 7.72. The summed E-state index contributed by atoms with van der Waals surface area (Å²) in [6.45, 7) is 0. The number of hydrogen-bond donors (Lipinski definition) is 0. The molecule has 2 aromatic rings. The second kappa shape index (κ2) is 4.53. The van der Waals surface area contributed by atoms with Crippen molar-refractivity contribution in [1.29, 1.82) is 0 Å². The molecule has 0 aliphatic carbocycles. The van der Waals surface area contributed by atoms with Crippen molar-refractivity contribution in [1.82, 2.24) is 9.97 Å². The lowest BCUT2D eigenvalue weighted by atomic mass is 10.2. The van der Waals surface area contributed by atoms with Crippen LogP contribution in [0.4, 0.5) is 4.39 Å². The first-order valence-electron chi connectivity index (χ1n) is 4.22. The predicted octanol–water partition coefficient (Wildman–Crippen LogP) is 4.24. The van der Waals surface area contributed by atoms with Crippen LogP contribution in [-0.4, -0.2) is 9.97 Å². The van der Waals surface area contributed by atoms with Gasteiger partial charge in [0.05, 0.1) is 10.6 Å². The first-order valence-corrected chi connectivity index (χ1v) is 5.36. The Labute approximate surface area is 106 Å². The SMILES string of the molecule is Fc1cccc(Cl)c1-c1nc(Cl)cc(Cl)n1. The highest BCUT2D eigenvalue weighted by molar-refractivity contribution is 6.34. The third-order valence-corrected chi connectivity index (χ3v) is 2.55. The van der Waals surface area contributed by atoms with Crippen LogP contribution in [0.15, 0.2) is 24.3 Å². The average Bonchev–Trinajstić information content (AvgIpc) is 2.15. The van der Waals surface area contributed by atoms with Gasteiger partial charge in [-0.05, 0) is 12.1 Å². The standard InChI is InChI=1S/C10H4Cl3FN2/c11-5-2-1-3-6(14)9(5)10-15-7(12)4-8(13)16-10/h1-4H. The average molecular weight is 278 g/mol. The van der Waals surface area contributed by atoms with Gasteiger partial charge in [-0.3, -0.25) is 0 Å². The van der Waals surface area contributed by atoms with Gasteiger partial charge in [0.2, 0.25) is 0 Å². The minimum Gasteiger partial charge on any atom is -0.216 e. The molecule has 1 heterocycles. The Morgan fingerprint density at radius 1 is 1.00 bits per heavy atom. The lowest BCUT2D eigenvalue weighted by Crippen LogP contribution is -1.93. The number of halogens is 4. The lowest BCUT2D eigenvalue weighted by molar-refractivity contribution is 0.630. The maximum atomic E-state index is 13.5. The first kappa shape index (κ1) is 11.6. The Bertz CT molecular complexity index is 505. The Morgan fingerprint density at radius 2 is 1.62 bits per heavy atom. The minimum atomic E-state index is -0.522. The summed E-state index contributed by atoms with van der Waals surface area (Å²) in [5.41, 5.74) is 0.0913. The van der Waals surface area contributed by atoms with Crippen molar-refractivity contribution < 1.29 is 4.39 Å². The number of hydrogen-bond acceptors (Lipinski definition) is 2. The molecule has 0 fully saturated rings. The van der Waals surface area contributed by atoms with Crippen LogP contribution >= 0.6 is 34.8 Å². The molecule has 0 bridgehead atoms. The summed E-state index contributed by atoms with van der Waals surface area (Å²) in [6.07, 6.45) is 0. The van der Waals surface area contributed by atoms with E-state index in [0.29, 0.717) is 0 Å². The van der Waals surface area contributed by atoms with Crippen molar-refractivity contribution in [2.45, 2.75) is 0 Å². The highest BCUT2D eigenvalue weighted by atomic mass is 35.5. The molecule has 0 saturated carbocycles. The molecular weight excluding hydrogens is 273 g/mol. The zero-order valence-corrected chi connectivity index (χ0v) is 9.98. The van der Waals surface area contributed by atoms with E-state index in [1.54, 1.807) is 0 Å². The Hall–Kier alpha value is -0.900. The van der Waals surface area contributed by atoms with Crippen LogP contribution in [0, 0.1) is 5.82 Å². The largest absolute Gasteiger partial charge is 0.216 e. The summed E-state index contributed by atoms with van der Waals surface area (Å²) in [7, 11) is 0. The van der Waals surface area contributed by atoms with Crippen LogP contribution in [0.5, 0.6) is 0 Å². The molecule has 0 N–H and O–H groups in total. The predicted molar refractivity (Wildman–Crippen MR) is 62.5 cm³/mol. The molecule has 0 radical (unpaired) electrons. The van der Waals surface area contributed by atoms with Crippen LogP contribution in [0.3, 0.4) is 0 Å². The van der Waals surface area contributed by atoms with Gasteiger partial charge < -0.3 is 0 Å². The summed E-state index contributed by atoms with van der Waals surface area (Å²) in [5, 5.41) is 0.474. The van der Waals surface area contributed by atoms with Crippen molar-refractivity contribution in [3.8, 4) is 11.4 Å². The monoisotopic (exact) mass is 276 g/mol. The quantitative estimate of drug-likeness (QED) is 0.729. The summed E-state index contributed by atoms with van der Waals surface area (Å²) in [6, 6.07) is 5.66. The number of rotatable bonds is 1. The van der Waals surface area contributed by atoms with E-state index >= 15 is 0 Å². The van der Waals surface area contributed by atoms with Gasteiger partial charge in [0.15, 0.2) is 5.82 Å². The van der Waals surface area contributed by atoms with Gasteiger partial charge in [-0.25, -0.2) is 14.4 Å².